The van der Waals surface area contributed by atoms with Crippen LogP contribution < -0.4 is 0 Å². The van der Waals surface area contributed by atoms with E-state index in [9.17, 15) is 0 Å². The molecule has 18 heavy (non-hydrogen) atoms. The van der Waals surface area contributed by atoms with Gasteiger partial charge in [0.1, 0.15) is 12.2 Å². The fourth-order valence-corrected chi connectivity index (χ4v) is 1.88. The van der Waals surface area contributed by atoms with Crippen LogP contribution in [0.3, 0.4) is 0 Å². The first-order chi connectivity index (χ1) is 8.11. The molecule has 0 aromatic rings. The van der Waals surface area contributed by atoms with E-state index in [-0.39, 0.29) is 29.5 Å². The van der Waals surface area contributed by atoms with Crippen LogP contribution in [0.1, 0.15) is 48.0 Å². The van der Waals surface area contributed by atoms with E-state index in [1.165, 1.54) is 0 Å². The maximum Gasteiger partial charge on any atom is 0.121 e. The van der Waals surface area contributed by atoms with Crippen molar-refractivity contribution in [1.29, 1.82) is 0 Å². The van der Waals surface area contributed by atoms with Crippen LogP contribution in [0.15, 0.2) is 0 Å². The molecule has 1 unspecified atom stereocenters. The Bertz CT molecular complexity index is 303. The maximum atomic E-state index is 6.01. The summed E-state index contributed by atoms with van der Waals surface area (Å²) in [4.78, 5) is 0. The molecular formula is C15H26O3. The second-order valence-electron chi connectivity index (χ2n) is 6.76. The third-order valence-electron chi connectivity index (χ3n) is 2.57. The van der Waals surface area contributed by atoms with Gasteiger partial charge < -0.3 is 14.2 Å². The van der Waals surface area contributed by atoms with Gasteiger partial charge in [0.2, 0.25) is 0 Å². The van der Waals surface area contributed by atoms with Crippen molar-refractivity contribution in [2.45, 2.75) is 77.5 Å². The van der Waals surface area contributed by atoms with Gasteiger partial charge in [-0.05, 0) is 41.5 Å². The van der Waals surface area contributed by atoms with Gasteiger partial charge in [0.15, 0.2) is 0 Å². The lowest BCUT2D eigenvalue weighted by Crippen LogP contribution is -2.37. The summed E-state index contributed by atoms with van der Waals surface area (Å²) in [5.41, 5.74) is -0.374. The van der Waals surface area contributed by atoms with E-state index in [1.807, 2.05) is 41.5 Å². The van der Waals surface area contributed by atoms with Crippen molar-refractivity contribution in [1.82, 2.24) is 0 Å². The summed E-state index contributed by atoms with van der Waals surface area (Å²) >= 11 is 0. The summed E-state index contributed by atoms with van der Waals surface area (Å²) in [6.07, 6.45) is 5.94. The van der Waals surface area contributed by atoms with Crippen LogP contribution in [0.4, 0.5) is 0 Å². The third-order valence-corrected chi connectivity index (χ3v) is 2.57. The number of rotatable bonds is 3. The normalized spacial score (nSPS) is 29.3. The standard InChI is InChI=1S/C15H26O3/c1-8-11-9-12(18-15(5,6)7)13(17-11)10-16-14(2,3)4/h1,11-13H,9-10H2,2-7H3/t11-,12?,13+/m0/s1. The molecule has 3 heteroatoms. The molecule has 1 saturated heterocycles. The molecule has 1 rings (SSSR count). The van der Waals surface area contributed by atoms with E-state index < -0.39 is 0 Å². The molecule has 0 aromatic heterocycles. The second kappa shape index (κ2) is 5.61. The molecule has 3 nitrogen and oxygen atoms in total. The van der Waals surface area contributed by atoms with Gasteiger partial charge >= 0.3 is 0 Å². The first-order valence-electron chi connectivity index (χ1n) is 6.54. The van der Waals surface area contributed by atoms with Crippen LogP contribution in [-0.2, 0) is 14.2 Å². The van der Waals surface area contributed by atoms with Crippen molar-refractivity contribution in [2.24, 2.45) is 0 Å². The van der Waals surface area contributed by atoms with Gasteiger partial charge in [-0.15, -0.1) is 6.42 Å². The monoisotopic (exact) mass is 254 g/mol. The molecular weight excluding hydrogens is 228 g/mol. The molecule has 1 aliphatic rings. The van der Waals surface area contributed by atoms with E-state index in [2.05, 4.69) is 5.92 Å². The minimum atomic E-state index is -0.197. The molecule has 0 saturated carbocycles. The van der Waals surface area contributed by atoms with Gasteiger partial charge in [-0.3, -0.25) is 0 Å². The van der Waals surface area contributed by atoms with E-state index in [0.717, 1.165) is 6.42 Å². The Morgan fingerprint density at radius 3 is 2.22 bits per heavy atom. The fraction of sp³-hybridized carbons (Fsp3) is 0.867. The molecule has 0 amide bonds. The molecule has 3 atom stereocenters. The van der Waals surface area contributed by atoms with Crippen molar-refractivity contribution in [3.8, 4) is 12.3 Å². The molecule has 1 fully saturated rings. The minimum absolute atomic E-state index is 0.00778. The summed E-state index contributed by atoms with van der Waals surface area (Å²) < 4.78 is 17.6. The molecule has 1 heterocycles. The Balaban J connectivity index is 2.59. The summed E-state index contributed by atoms with van der Waals surface area (Å²) in [6.45, 7) is 12.7. The van der Waals surface area contributed by atoms with Crippen LogP contribution in [0.25, 0.3) is 0 Å². The van der Waals surface area contributed by atoms with Crippen LogP contribution >= 0.6 is 0 Å². The van der Waals surface area contributed by atoms with Crippen molar-refractivity contribution < 1.29 is 14.2 Å². The first-order valence-corrected chi connectivity index (χ1v) is 6.54. The van der Waals surface area contributed by atoms with Gasteiger partial charge in [0.05, 0.1) is 23.9 Å². The Morgan fingerprint density at radius 1 is 1.17 bits per heavy atom. The van der Waals surface area contributed by atoms with Crippen molar-refractivity contribution in [3.05, 3.63) is 0 Å². The van der Waals surface area contributed by atoms with E-state index in [4.69, 9.17) is 20.6 Å². The molecule has 0 N–H and O–H groups in total. The summed E-state index contributed by atoms with van der Waals surface area (Å²) in [6, 6.07) is 0. The average Bonchev–Trinajstić information content (AvgIpc) is 2.54. The van der Waals surface area contributed by atoms with Gasteiger partial charge in [-0.1, -0.05) is 5.92 Å². The highest BCUT2D eigenvalue weighted by molar-refractivity contribution is 5.02. The number of hydrogen-bond acceptors (Lipinski definition) is 3. The Morgan fingerprint density at radius 2 is 1.78 bits per heavy atom. The Labute approximate surface area is 111 Å². The van der Waals surface area contributed by atoms with Crippen LogP contribution in [0.2, 0.25) is 0 Å². The highest BCUT2D eigenvalue weighted by Crippen LogP contribution is 2.28. The molecule has 0 radical (unpaired) electrons. The largest absolute Gasteiger partial charge is 0.373 e. The Hall–Kier alpha value is -0.560. The highest BCUT2D eigenvalue weighted by atomic mass is 16.6. The lowest BCUT2D eigenvalue weighted by Gasteiger charge is -2.29. The van der Waals surface area contributed by atoms with Crippen molar-refractivity contribution in [2.75, 3.05) is 6.61 Å². The number of ether oxygens (including phenoxy) is 3. The van der Waals surface area contributed by atoms with Crippen LogP contribution in [0, 0.1) is 12.3 Å². The first kappa shape index (κ1) is 15.5. The molecule has 0 aliphatic carbocycles. The zero-order chi connectivity index (χ0) is 14.0. The van der Waals surface area contributed by atoms with Gasteiger partial charge in [-0.2, -0.15) is 0 Å². The quantitative estimate of drug-likeness (QED) is 0.725. The Kier molecular flexibility index (Phi) is 4.83. The minimum Gasteiger partial charge on any atom is -0.373 e. The average molecular weight is 254 g/mol. The zero-order valence-corrected chi connectivity index (χ0v) is 12.4. The topological polar surface area (TPSA) is 27.7 Å². The highest BCUT2D eigenvalue weighted by Gasteiger charge is 2.38. The zero-order valence-electron chi connectivity index (χ0n) is 12.4. The van der Waals surface area contributed by atoms with Crippen molar-refractivity contribution >= 4 is 0 Å². The predicted molar refractivity (Wildman–Crippen MR) is 72.4 cm³/mol. The summed E-state index contributed by atoms with van der Waals surface area (Å²) in [7, 11) is 0. The molecule has 104 valence electrons. The van der Waals surface area contributed by atoms with Crippen LogP contribution in [0.5, 0.6) is 0 Å². The SMILES string of the molecule is C#C[C@H]1CC(OC(C)(C)C)[C@@H](COC(C)(C)C)O1. The van der Waals surface area contributed by atoms with Gasteiger partial charge in [0.25, 0.3) is 0 Å². The number of terminal acetylenes is 1. The lowest BCUT2D eigenvalue weighted by atomic mass is 10.1. The molecule has 1 aliphatic heterocycles. The third kappa shape index (κ3) is 5.39. The van der Waals surface area contributed by atoms with Gasteiger partial charge in [0, 0.05) is 6.42 Å². The number of hydrogen-bond donors (Lipinski definition) is 0. The molecule has 0 aromatic carbocycles. The van der Waals surface area contributed by atoms with E-state index in [1.54, 1.807) is 0 Å². The van der Waals surface area contributed by atoms with Crippen molar-refractivity contribution in [3.63, 3.8) is 0 Å². The predicted octanol–water partition coefficient (Wildman–Crippen LogP) is 2.78. The smallest absolute Gasteiger partial charge is 0.121 e. The molecule has 0 spiro atoms. The molecule has 0 bridgehead atoms. The second-order valence-corrected chi connectivity index (χ2v) is 6.76. The summed E-state index contributed by atoms with van der Waals surface area (Å²) in [5, 5.41) is 0. The fourth-order valence-electron chi connectivity index (χ4n) is 1.88. The van der Waals surface area contributed by atoms with Crippen LogP contribution in [-0.4, -0.2) is 36.1 Å². The maximum absolute atomic E-state index is 6.01. The van der Waals surface area contributed by atoms with Gasteiger partial charge in [-0.25, -0.2) is 0 Å². The van der Waals surface area contributed by atoms with E-state index >= 15 is 0 Å². The lowest BCUT2D eigenvalue weighted by molar-refractivity contribution is -0.125. The summed E-state index contributed by atoms with van der Waals surface area (Å²) in [5.74, 6) is 2.65. The van der Waals surface area contributed by atoms with E-state index in [0.29, 0.717) is 6.61 Å².